The van der Waals surface area contributed by atoms with Gasteiger partial charge in [-0.05, 0) is 18.4 Å². The van der Waals surface area contributed by atoms with Crippen molar-refractivity contribution in [2.24, 2.45) is 0 Å². The van der Waals surface area contributed by atoms with Crippen molar-refractivity contribution in [1.29, 1.82) is 5.26 Å². The molecule has 1 heterocycles. The molecule has 1 amide bonds. The quantitative estimate of drug-likeness (QED) is 0.707. The number of amides is 1. The molecular formula is C21H20N3OS+. The normalized spacial score (nSPS) is 11.5. The molecule has 130 valence electrons. The van der Waals surface area contributed by atoms with E-state index < -0.39 is 0 Å². The van der Waals surface area contributed by atoms with Crippen molar-refractivity contribution in [1.82, 2.24) is 0 Å². The Kier molecular flexibility index (Phi) is 5.80. The second-order valence-corrected chi connectivity index (χ2v) is 6.98. The fraction of sp³-hybridized carbons (Fsp3) is 0.143. The molecule has 1 aromatic heterocycles. The molecule has 0 saturated carbocycles. The van der Waals surface area contributed by atoms with Crippen LogP contribution in [0, 0.1) is 18.3 Å². The molecule has 26 heavy (non-hydrogen) atoms. The Morgan fingerprint density at radius 1 is 1.12 bits per heavy atom. The number of nitrogens with two attached hydrogens (primary N) is 1. The van der Waals surface area contributed by atoms with Gasteiger partial charge in [0, 0.05) is 11.1 Å². The highest BCUT2D eigenvalue weighted by molar-refractivity contribution is 7.14. The van der Waals surface area contributed by atoms with Crippen LogP contribution in [0.15, 0.2) is 66.0 Å². The van der Waals surface area contributed by atoms with Gasteiger partial charge in [-0.2, -0.15) is 5.26 Å². The molecule has 0 aliphatic heterocycles. The molecule has 2 aromatic carbocycles. The number of carbonyl (C=O) groups is 1. The largest absolute Gasteiger partial charge is 0.328 e. The van der Waals surface area contributed by atoms with E-state index >= 15 is 0 Å². The topological polar surface area (TPSA) is 69.5 Å². The summed E-state index contributed by atoms with van der Waals surface area (Å²) in [6.45, 7) is 2.34. The van der Waals surface area contributed by atoms with Gasteiger partial charge in [0.2, 0.25) is 0 Å². The van der Waals surface area contributed by atoms with E-state index in [9.17, 15) is 4.79 Å². The minimum atomic E-state index is -0.114. The van der Waals surface area contributed by atoms with Crippen molar-refractivity contribution in [2.75, 3.05) is 11.9 Å². The van der Waals surface area contributed by atoms with E-state index in [4.69, 9.17) is 5.26 Å². The van der Waals surface area contributed by atoms with Crippen molar-refractivity contribution < 1.29 is 10.1 Å². The zero-order valence-corrected chi connectivity index (χ0v) is 15.3. The minimum absolute atomic E-state index is 0.0429. The standard InChI is InChI=1S/C21H19N3OS/c1-15-7-9-17(10-8-15)20(16-5-3-2-4-6-16)23-14-19(25)24-21-18(13-22)11-12-26-21/h2-12,20,23H,14H2,1H3,(H,24,25)/p+1/t20-/m0/s1. The number of hydrogen-bond acceptors (Lipinski definition) is 3. The Bertz CT molecular complexity index is 910. The summed E-state index contributed by atoms with van der Waals surface area (Å²) in [5, 5.41) is 16.3. The molecule has 3 aromatic rings. The molecule has 0 spiro atoms. The number of anilines is 1. The molecule has 4 nitrogen and oxygen atoms in total. The Labute approximate surface area is 157 Å². The van der Waals surface area contributed by atoms with Crippen LogP contribution < -0.4 is 10.6 Å². The average Bonchev–Trinajstić information content (AvgIpc) is 3.11. The SMILES string of the molecule is Cc1ccc([C@@H]([NH2+]CC(=O)Nc2sccc2C#N)c2ccccc2)cc1. The fourth-order valence-electron chi connectivity index (χ4n) is 2.80. The monoisotopic (exact) mass is 362 g/mol. The first-order valence-corrected chi connectivity index (χ1v) is 9.27. The lowest BCUT2D eigenvalue weighted by Gasteiger charge is -2.16. The maximum absolute atomic E-state index is 12.4. The molecule has 0 unspecified atom stereocenters. The highest BCUT2D eigenvalue weighted by Gasteiger charge is 2.19. The number of nitrogens with zero attached hydrogens (tertiary/aromatic N) is 1. The number of nitriles is 1. The number of hydrogen-bond donors (Lipinski definition) is 2. The summed E-state index contributed by atoms with van der Waals surface area (Å²) >= 11 is 1.36. The number of quaternary nitrogens is 1. The van der Waals surface area contributed by atoms with Crippen molar-refractivity contribution in [3.05, 3.63) is 88.3 Å². The summed E-state index contributed by atoms with van der Waals surface area (Å²) in [6, 6.07) is 22.4. The van der Waals surface area contributed by atoms with Gasteiger partial charge in [-0.15, -0.1) is 11.3 Å². The average molecular weight is 362 g/mol. The number of thiophene rings is 1. The van der Waals surface area contributed by atoms with Crippen molar-refractivity contribution in [3.63, 3.8) is 0 Å². The molecule has 3 N–H and O–H groups in total. The molecular weight excluding hydrogens is 342 g/mol. The summed E-state index contributed by atoms with van der Waals surface area (Å²) in [6.07, 6.45) is 0. The third-order valence-corrected chi connectivity index (χ3v) is 5.00. The fourth-order valence-corrected chi connectivity index (χ4v) is 3.55. The zero-order valence-electron chi connectivity index (χ0n) is 14.5. The molecule has 0 aliphatic carbocycles. The highest BCUT2D eigenvalue weighted by atomic mass is 32.1. The molecule has 0 saturated heterocycles. The smallest absolute Gasteiger partial charge is 0.280 e. The van der Waals surface area contributed by atoms with Crippen LogP contribution in [0.1, 0.15) is 28.3 Å². The Morgan fingerprint density at radius 3 is 2.50 bits per heavy atom. The first-order valence-electron chi connectivity index (χ1n) is 8.39. The summed E-state index contributed by atoms with van der Waals surface area (Å²) in [7, 11) is 0. The van der Waals surface area contributed by atoms with E-state index in [1.807, 2.05) is 23.5 Å². The van der Waals surface area contributed by atoms with Gasteiger partial charge in [0.05, 0.1) is 5.56 Å². The van der Waals surface area contributed by atoms with E-state index in [0.717, 1.165) is 11.1 Å². The predicted octanol–water partition coefficient (Wildman–Crippen LogP) is 3.22. The van der Waals surface area contributed by atoms with Crippen LogP contribution in [0.3, 0.4) is 0 Å². The van der Waals surface area contributed by atoms with Crippen molar-refractivity contribution in [2.45, 2.75) is 13.0 Å². The van der Waals surface area contributed by atoms with Crippen LogP contribution in [0.25, 0.3) is 0 Å². The van der Waals surface area contributed by atoms with Crippen LogP contribution in [0.5, 0.6) is 0 Å². The van der Waals surface area contributed by atoms with Gasteiger partial charge < -0.3 is 10.6 Å². The molecule has 0 bridgehead atoms. The number of rotatable bonds is 6. The second kappa shape index (κ2) is 8.43. The van der Waals surface area contributed by atoms with Crippen LogP contribution in [0.2, 0.25) is 0 Å². The lowest BCUT2D eigenvalue weighted by molar-refractivity contribution is -0.676. The van der Waals surface area contributed by atoms with Gasteiger partial charge in [-0.25, -0.2) is 0 Å². The van der Waals surface area contributed by atoms with Gasteiger partial charge in [-0.1, -0.05) is 60.2 Å². The van der Waals surface area contributed by atoms with Crippen molar-refractivity contribution >= 4 is 22.2 Å². The van der Waals surface area contributed by atoms with Gasteiger partial charge >= 0.3 is 0 Å². The summed E-state index contributed by atoms with van der Waals surface area (Å²) in [4.78, 5) is 12.4. The molecule has 0 fully saturated rings. The first kappa shape index (κ1) is 17.9. The summed E-state index contributed by atoms with van der Waals surface area (Å²) < 4.78 is 0. The Morgan fingerprint density at radius 2 is 1.81 bits per heavy atom. The molecule has 5 heteroatoms. The van der Waals surface area contributed by atoms with E-state index in [0.29, 0.717) is 10.6 Å². The maximum atomic E-state index is 12.4. The lowest BCUT2D eigenvalue weighted by Crippen LogP contribution is -2.87. The third kappa shape index (κ3) is 4.37. The first-order chi connectivity index (χ1) is 12.7. The predicted molar refractivity (Wildman–Crippen MR) is 104 cm³/mol. The summed E-state index contributed by atoms with van der Waals surface area (Å²) in [5.41, 5.74) is 4.02. The van der Waals surface area contributed by atoms with Crippen LogP contribution >= 0.6 is 11.3 Å². The highest BCUT2D eigenvalue weighted by Crippen LogP contribution is 2.22. The Balaban J connectivity index is 1.73. The van der Waals surface area contributed by atoms with Gasteiger partial charge in [0.25, 0.3) is 5.91 Å². The van der Waals surface area contributed by atoms with E-state index in [1.165, 1.54) is 16.9 Å². The lowest BCUT2D eigenvalue weighted by atomic mass is 9.98. The number of carbonyl (C=O) groups excluding carboxylic acids is 1. The molecule has 0 aliphatic rings. The third-order valence-electron chi connectivity index (χ3n) is 4.17. The van der Waals surface area contributed by atoms with Crippen LogP contribution in [-0.2, 0) is 4.79 Å². The van der Waals surface area contributed by atoms with Gasteiger partial charge in [0.15, 0.2) is 6.54 Å². The molecule has 1 atom stereocenters. The Hall–Kier alpha value is -2.94. The number of nitrogens with one attached hydrogen (secondary N) is 1. The van der Waals surface area contributed by atoms with Crippen molar-refractivity contribution in [3.8, 4) is 6.07 Å². The van der Waals surface area contributed by atoms with Gasteiger partial charge in [-0.3, -0.25) is 4.79 Å². The van der Waals surface area contributed by atoms with Crippen LogP contribution in [-0.4, -0.2) is 12.5 Å². The van der Waals surface area contributed by atoms with E-state index in [2.05, 4.69) is 54.7 Å². The zero-order chi connectivity index (χ0) is 18.4. The number of aryl methyl sites for hydroxylation is 1. The van der Waals surface area contributed by atoms with E-state index in [1.54, 1.807) is 11.4 Å². The number of benzene rings is 2. The molecule has 3 rings (SSSR count). The van der Waals surface area contributed by atoms with Crippen LogP contribution in [0.4, 0.5) is 5.00 Å². The van der Waals surface area contributed by atoms with E-state index in [-0.39, 0.29) is 18.5 Å². The van der Waals surface area contributed by atoms with Gasteiger partial charge in [0.1, 0.15) is 17.1 Å². The second-order valence-electron chi connectivity index (χ2n) is 6.06. The maximum Gasteiger partial charge on any atom is 0.280 e. The molecule has 0 radical (unpaired) electrons. The minimum Gasteiger partial charge on any atom is -0.328 e. The summed E-state index contributed by atoms with van der Waals surface area (Å²) in [5.74, 6) is -0.114.